The predicted octanol–water partition coefficient (Wildman–Crippen LogP) is 0.431. The maximum Gasteiger partial charge on any atom is 0.278 e. The molecule has 1 fully saturated rings. The van der Waals surface area contributed by atoms with Crippen molar-refractivity contribution in [2.45, 2.75) is 32.6 Å². The summed E-state index contributed by atoms with van der Waals surface area (Å²) in [6, 6.07) is 8.13. The molecule has 2 atom stereocenters. The van der Waals surface area contributed by atoms with E-state index in [0.29, 0.717) is 29.7 Å². The maximum absolute atomic E-state index is 12.4. The van der Waals surface area contributed by atoms with Crippen molar-refractivity contribution in [2.24, 2.45) is 0 Å². The molecule has 2 aromatic rings. The highest BCUT2D eigenvalue weighted by Gasteiger charge is 2.23. The third-order valence-electron chi connectivity index (χ3n) is 3.84. The zero-order valence-corrected chi connectivity index (χ0v) is 11.8. The lowest BCUT2D eigenvalue weighted by molar-refractivity contribution is 0.101. The number of piperazine rings is 1. The van der Waals surface area contributed by atoms with Gasteiger partial charge in [0.1, 0.15) is 5.52 Å². The minimum absolute atomic E-state index is 0.0750. The summed E-state index contributed by atoms with van der Waals surface area (Å²) in [6.45, 7) is 6.62. The molecule has 0 radical (unpaired) electrons. The molecular formula is C14H19N5O. The highest BCUT2D eigenvalue weighted by Crippen LogP contribution is 2.08. The molecule has 6 heteroatoms. The van der Waals surface area contributed by atoms with Gasteiger partial charge in [-0.1, -0.05) is 17.3 Å². The van der Waals surface area contributed by atoms with Crippen molar-refractivity contribution >= 4 is 10.9 Å². The topological polar surface area (TPSA) is 63.1 Å². The summed E-state index contributed by atoms with van der Waals surface area (Å²) in [5.41, 5.74) is 0.574. The first-order valence-electron chi connectivity index (χ1n) is 6.95. The van der Waals surface area contributed by atoms with Crippen LogP contribution in [0.2, 0.25) is 0 Å². The summed E-state index contributed by atoms with van der Waals surface area (Å²) in [5.74, 6) is 0. The number of rotatable bonds is 2. The van der Waals surface area contributed by atoms with Gasteiger partial charge in [0.25, 0.3) is 5.56 Å². The van der Waals surface area contributed by atoms with Crippen LogP contribution >= 0.6 is 0 Å². The van der Waals surface area contributed by atoms with Gasteiger partial charge in [-0.15, -0.1) is 5.10 Å². The number of aromatic nitrogens is 3. The summed E-state index contributed by atoms with van der Waals surface area (Å²) < 4.78 is 1.46. The first-order valence-corrected chi connectivity index (χ1v) is 6.95. The molecule has 1 aliphatic rings. The number of benzene rings is 1. The highest BCUT2D eigenvalue weighted by molar-refractivity contribution is 5.76. The molecule has 1 aromatic carbocycles. The van der Waals surface area contributed by atoms with Crippen LogP contribution < -0.4 is 10.9 Å². The van der Waals surface area contributed by atoms with E-state index in [1.807, 2.05) is 18.2 Å². The quantitative estimate of drug-likeness (QED) is 0.860. The van der Waals surface area contributed by atoms with Crippen molar-refractivity contribution in [3.63, 3.8) is 0 Å². The van der Waals surface area contributed by atoms with E-state index in [-0.39, 0.29) is 5.56 Å². The van der Waals surface area contributed by atoms with Gasteiger partial charge >= 0.3 is 0 Å². The van der Waals surface area contributed by atoms with Gasteiger partial charge in [0.15, 0.2) is 0 Å². The van der Waals surface area contributed by atoms with Gasteiger partial charge in [-0.25, -0.2) is 0 Å². The van der Waals surface area contributed by atoms with Gasteiger partial charge in [-0.05, 0) is 26.0 Å². The molecule has 0 saturated carbocycles. The average molecular weight is 273 g/mol. The van der Waals surface area contributed by atoms with Crippen LogP contribution in [-0.2, 0) is 6.67 Å². The van der Waals surface area contributed by atoms with E-state index >= 15 is 0 Å². The zero-order chi connectivity index (χ0) is 14.1. The second-order valence-corrected chi connectivity index (χ2v) is 5.48. The van der Waals surface area contributed by atoms with Gasteiger partial charge in [0, 0.05) is 25.2 Å². The third-order valence-corrected chi connectivity index (χ3v) is 3.84. The van der Waals surface area contributed by atoms with Crippen molar-refractivity contribution in [1.82, 2.24) is 25.2 Å². The lowest BCUT2D eigenvalue weighted by Gasteiger charge is -2.37. The Morgan fingerprint density at radius 1 is 1.35 bits per heavy atom. The van der Waals surface area contributed by atoms with Crippen LogP contribution in [0.4, 0.5) is 0 Å². The van der Waals surface area contributed by atoms with E-state index < -0.39 is 0 Å². The molecule has 0 amide bonds. The molecule has 20 heavy (non-hydrogen) atoms. The van der Waals surface area contributed by atoms with E-state index in [4.69, 9.17) is 0 Å². The summed E-state index contributed by atoms with van der Waals surface area (Å²) in [4.78, 5) is 14.7. The van der Waals surface area contributed by atoms with Crippen LogP contribution in [0.1, 0.15) is 13.8 Å². The van der Waals surface area contributed by atoms with E-state index in [1.165, 1.54) is 4.68 Å². The monoisotopic (exact) mass is 273 g/mol. The molecule has 6 nitrogen and oxygen atoms in total. The second kappa shape index (κ2) is 5.30. The Morgan fingerprint density at radius 2 is 2.15 bits per heavy atom. The van der Waals surface area contributed by atoms with E-state index in [2.05, 4.69) is 34.4 Å². The number of nitrogens with zero attached hydrogens (tertiary/aromatic N) is 4. The van der Waals surface area contributed by atoms with E-state index in [1.54, 1.807) is 6.07 Å². The van der Waals surface area contributed by atoms with E-state index in [0.717, 1.165) is 13.1 Å². The predicted molar refractivity (Wildman–Crippen MR) is 77.4 cm³/mol. The van der Waals surface area contributed by atoms with Crippen LogP contribution in [0.25, 0.3) is 10.9 Å². The van der Waals surface area contributed by atoms with Gasteiger partial charge in [-0.2, -0.15) is 4.68 Å². The number of nitrogens with one attached hydrogen (secondary N) is 1. The molecule has 2 unspecified atom stereocenters. The Bertz CT molecular complexity index is 668. The average Bonchev–Trinajstić information content (AvgIpc) is 2.46. The minimum Gasteiger partial charge on any atom is -0.311 e. The number of hydrogen-bond donors (Lipinski definition) is 1. The van der Waals surface area contributed by atoms with Crippen molar-refractivity contribution in [1.29, 1.82) is 0 Å². The summed E-state index contributed by atoms with van der Waals surface area (Å²) >= 11 is 0. The van der Waals surface area contributed by atoms with Crippen LogP contribution in [0, 0.1) is 0 Å². The lowest BCUT2D eigenvalue weighted by Crippen LogP contribution is -2.55. The number of hydrogen-bond acceptors (Lipinski definition) is 5. The highest BCUT2D eigenvalue weighted by atomic mass is 16.1. The molecular weight excluding hydrogens is 254 g/mol. The van der Waals surface area contributed by atoms with Crippen molar-refractivity contribution in [3.8, 4) is 0 Å². The molecule has 1 saturated heterocycles. The van der Waals surface area contributed by atoms with Gasteiger partial charge < -0.3 is 5.32 Å². The standard InChI is InChI=1S/C14H19N5O/c1-10-8-18(11(2)7-15-10)9-19-14(20)12-5-3-4-6-13(12)16-17-19/h3-6,10-11,15H,7-9H2,1-2H3. The Morgan fingerprint density at radius 3 is 3.00 bits per heavy atom. The minimum atomic E-state index is -0.0750. The third kappa shape index (κ3) is 2.44. The SMILES string of the molecule is CC1CN(Cn2nnc3ccccc3c2=O)C(C)CN1. The van der Waals surface area contributed by atoms with Crippen LogP contribution in [0.3, 0.4) is 0 Å². The molecule has 0 aliphatic carbocycles. The molecule has 0 spiro atoms. The first-order chi connectivity index (χ1) is 9.65. The smallest absolute Gasteiger partial charge is 0.278 e. The molecule has 1 N–H and O–H groups in total. The fourth-order valence-electron chi connectivity index (χ4n) is 2.58. The molecule has 1 aromatic heterocycles. The maximum atomic E-state index is 12.4. The van der Waals surface area contributed by atoms with Crippen LogP contribution in [0.15, 0.2) is 29.1 Å². The molecule has 0 bridgehead atoms. The Kier molecular flexibility index (Phi) is 3.50. The van der Waals surface area contributed by atoms with Crippen molar-refractivity contribution < 1.29 is 0 Å². The largest absolute Gasteiger partial charge is 0.311 e. The Balaban J connectivity index is 1.91. The van der Waals surface area contributed by atoms with Gasteiger partial charge in [0.05, 0.1) is 12.1 Å². The van der Waals surface area contributed by atoms with Crippen LogP contribution in [-0.4, -0.2) is 45.1 Å². The zero-order valence-electron chi connectivity index (χ0n) is 11.8. The van der Waals surface area contributed by atoms with E-state index in [9.17, 15) is 4.79 Å². The van der Waals surface area contributed by atoms with Gasteiger partial charge in [-0.3, -0.25) is 9.69 Å². The van der Waals surface area contributed by atoms with Crippen molar-refractivity contribution in [3.05, 3.63) is 34.6 Å². The lowest BCUT2D eigenvalue weighted by atomic mass is 10.1. The molecule has 3 rings (SSSR count). The summed E-state index contributed by atoms with van der Waals surface area (Å²) in [7, 11) is 0. The summed E-state index contributed by atoms with van der Waals surface area (Å²) in [5, 5.41) is 12.2. The molecule has 106 valence electrons. The van der Waals surface area contributed by atoms with Gasteiger partial charge in [0.2, 0.25) is 0 Å². The summed E-state index contributed by atoms with van der Waals surface area (Å²) in [6.07, 6.45) is 0. The van der Waals surface area contributed by atoms with Crippen molar-refractivity contribution in [2.75, 3.05) is 13.1 Å². The number of fused-ring (bicyclic) bond motifs is 1. The first kappa shape index (κ1) is 13.2. The fraction of sp³-hybridized carbons (Fsp3) is 0.500. The normalized spacial score (nSPS) is 24.1. The Labute approximate surface area is 117 Å². The molecule has 2 heterocycles. The van der Waals surface area contributed by atoms with Crippen LogP contribution in [0.5, 0.6) is 0 Å². The Hall–Kier alpha value is -1.79. The molecule has 1 aliphatic heterocycles. The fourth-order valence-corrected chi connectivity index (χ4v) is 2.58. The second-order valence-electron chi connectivity index (χ2n) is 5.48.